The van der Waals surface area contributed by atoms with E-state index in [1.165, 1.54) is 0 Å². The first-order valence-corrected chi connectivity index (χ1v) is 2.91. The minimum absolute atomic E-state index is 0.0768. The van der Waals surface area contributed by atoms with Crippen LogP contribution in [-0.2, 0) is 9.59 Å². The Hall–Kier alpha value is -1.91. The van der Waals surface area contributed by atoms with Crippen LogP contribution in [0, 0.1) is 4.91 Å². The molecule has 0 heterocycles. The summed E-state index contributed by atoms with van der Waals surface area (Å²) in [4.78, 5) is 33.5. The van der Waals surface area contributed by atoms with E-state index in [2.05, 4.69) is 16.9 Å². The lowest BCUT2D eigenvalue weighted by Gasteiger charge is -1.87. The van der Waals surface area contributed by atoms with Crippen molar-refractivity contribution in [1.29, 1.82) is 0 Å². The van der Waals surface area contributed by atoms with Gasteiger partial charge in [-0.15, -0.1) is 4.91 Å². The van der Waals surface area contributed by atoms with Crippen molar-refractivity contribution in [3.8, 4) is 0 Å². The van der Waals surface area contributed by atoms with Gasteiger partial charge in [0.15, 0.2) is 0 Å². The Morgan fingerprint density at radius 1 is 1.42 bits per heavy atom. The Morgan fingerprint density at radius 2 is 2.08 bits per heavy atom. The lowest BCUT2D eigenvalue weighted by atomic mass is 10.2. The van der Waals surface area contributed by atoms with Gasteiger partial charge >= 0.3 is 5.91 Å². The summed E-state index contributed by atoms with van der Waals surface area (Å²) in [6.07, 6.45) is 3.70. The number of hydrogen-bond acceptors (Lipinski definition) is 4. The Balaban J connectivity index is 4.65. The molecule has 0 fully saturated rings. The van der Waals surface area contributed by atoms with Gasteiger partial charge in [0.05, 0.1) is 5.57 Å². The molecule has 62 valence electrons. The van der Waals surface area contributed by atoms with E-state index >= 15 is 0 Å². The van der Waals surface area contributed by atoms with E-state index in [0.717, 1.165) is 18.4 Å². The van der Waals surface area contributed by atoms with E-state index < -0.39 is 5.91 Å². The fourth-order valence-corrected chi connectivity index (χ4v) is 0.464. The molecule has 0 aromatic carbocycles. The zero-order chi connectivity index (χ0) is 9.40. The van der Waals surface area contributed by atoms with E-state index in [-0.39, 0.29) is 5.57 Å². The number of aldehydes is 1. The van der Waals surface area contributed by atoms with Gasteiger partial charge in [-0.2, -0.15) is 0 Å². The summed E-state index contributed by atoms with van der Waals surface area (Å²) in [6, 6.07) is 0. The third-order valence-corrected chi connectivity index (χ3v) is 0.915. The van der Waals surface area contributed by atoms with Gasteiger partial charge in [-0.25, -0.2) is 0 Å². The zero-order valence-corrected chi connectivity index (χ0v) is 6.14. The summed E-state index contributed by atoms with van der Waals surface area (Å²) in [5.74, 6) is -0.986. The number of rotatable bonds is 4. The summed E-state index contributed by atoms with van der Waals surface area (Å²) in [6.45, 7) is 3.08. The lowest BCUT2D eigenvalue weighted by molar-refractivity contribution is -0.114. The maximum atomic E-state index is 10.6. The van der Waals surface area contributed by atoms with Crippen LogP contribution >= 0.6 is 0 Å². The molecule has 0 saturated heterocycles. The normalized spacial score (nSPS) is 11.2. The second-order valence-electron chi connectivity index (χ2n) is 1.66. The number of carbonyl (C=O) groups is 2. The van der Waals surface area contributed by atoms with Crippen molar-refractivity contribution in [2.24, 2.45) is 10.2 Å². The van der Waals surface area contributed by atoms with Gasteiger partial charge < -0.3 is 0 Å². The summed E-state index contributed by atoms with van der Waals surface area (Å²) in [5, 5.41) is 2.15. The van der Waals surface area contributed by atoms with Gasteiger partial charge in [-0.3, -0.25) is 14.6 Å². The molecule has 0 aliphatic carbocycles. The van der Waals surface area contributed by atoms with Crippen molar-refractivity contribution >= 4 is 18.9 Å². The first-order chi connectivity index (χ1) is 5.76. The highest BCUT2D eigenvalue weighted by Gasteiger charge is 2.04. The van der Waals surface area contributed by atoms with Crippen LogP contribution in [0.3, 0.4) is 0 Å². The van der Waals surface area contributed by atoms with Gasteiger partial charge in [0.25, 0.3) is 0 Å². The molecule has 5 heteroatoms. The first-order valence-electron chi connectivity index (χ1n) is 2.91. The Morgan fingerprint density at radius 3 is 2.50 bits per heavy atom. The number of nitroso groups, excluding NO2 is 1. The summed E-state index contributed by atoms with van der Waals surface area (Å²) < 4.78 is 0. The van der Waals surface area contributed by atoms with Crippen molar-refractivity contribution in [2.45, 2.75) is 0 Å². The highest BCUT2D eigenvalue weighted by atomic mass is 16.3. The number of aliphatic imine (C=N–C) groups is 1. The number of hydrogen-bond donors (Lipinski definition) is 0. The van der Waals surface area contributed by atoms with Crippen LogP contribution in [0.15, 0.2) is 34.1 Å². The highest BCUT2D eigenvalue weighted by Crippen LogP contribution is 1.99. The third-order valence-electron chi connectivity index (χ3n) is 0.915. The van der Waals surface area contributed by atoms with Gasteiger partial charge in [-0.05, 0) is 18.9 Å². The molecule has 0 aromatic heterocycles. The minimum atomic E-state index is -0.986. The van der Waals surface area contributed by atoms with E-state index in [4.69, 9.17) is 0 Å². The topological polar surface area (TPSA) is 75.9 Å². The van der Waals surface area contributed by atoms with Crippen LogP contribution in [0.4, 0.5) is 0 Å². The minimum Gasteiger partial charge on any atom is -0.299 e. The SMILES string of the molecule is C=N/C=C(\C=C\C=O)C(=O)N=O. The first kappa shape index (κ1) is 10.1. The fraction of sp³-hybridized carbons (Fsp3) is 0. The molecule has 0 aliphatic rings. The third kappa shape index (κ3) is 3.31. The number of nitrogens with zero attached hydrogens (tertiary/aromatic N) is 2. The fourth-order valence-electron chi connectivity index (χ4n) is 0.464. The second-order valence-corrected chi connectivity index (χ2v) is 1.66. The maximum absolute atomic E-state index is 10.6. The smallest absolute Gasteiger partial charge is 0.299 e. The van der Waals surface area contributed by atoms with Gasteiger partial charge in [0.2, 0.25) is 0 Å². The van der Waals surface area contributed by atoms with Crippen LogP contribution in [-0.4, -0.2) is 18.9 Å². The molecule has 0 spiro atoms. The molecule has 0 aromatic rings. The molecular weight excluding hydrogens is 160 g/mol. The average Bonchev–Trinajstić information content (AvgIpc) is 2.11. The summed E-state index contributed by atoms with van der Waals surface area (Å²) in [5.41, 5.74) is -0.0768. The molecule has 0 aliphatic heterocycles. The predicted octanol–water partition coefficient (Wildman–Crippen LogP) is 0.619. The van der Waals surface area contributed by atoms with Crippen LogP contribution in [0.25, 0.3) is 0 Å². The molecule has 5 nitrogen and oxygen atoms in total. The van der Waals surface area contributed by atoms with Gasteiger partial charge in [-0.1, -0.05) is 0 Å². The Bertz CT molecular complexity index is 266. The molecule has 0 atom stereocenters. The molecule has 0 saturated carbocycles. The second kappa shape index (κ2) is 5.84. The molecular formula is C7H6N2O3. The van der Waals surface area contributed by atoms with Gasteiger partial charge in [0.1, 0.15) is 6.29 Å². The number of carbonyl (C=O) groups excluding carboxylic acids is 2. The monoisotopic (exact) mass is 166 g/mol. The maximum Gasteiger partial charge on any atom is 0.318 e. The van der Waals surface area contributed by atoms with E-state index in [0.29, 0.717) is 6.29 Å². The zero-order valence-electron chi connectivity index (χ0n) is 6.14. The van der Waals surface area contributed by atoms with E-state index in [1.54, 1.807) is 0 Å². The molecule has 12 heavy (non-hydrogen) atoms. The van der Waals surface area contributed by atoms with Gasteiger partial charge in [0, 0.05) is 11.4 Å². The lowest BCUT2D eigenvalue weighted by Crippen LogP contribution is -1.94. The summed E-state index contributed by atoms with van der Waals surface area (Å²) in [7, 11) is 0. The molecule has 0 bridgehead atoms. The number of amides is 1. The van der Waals surface area contributed by atoms with Crippen LogP contribution in [0.2, 0.25) is 0 Å². The van der Waals surface area contributed by atoms with Crippen molar-refractivity contribution in [3.05, 3.63) is 28.8 Å². The van der Waals surface area contributed by atoms with Crippen molar-refractivity contribution in [1.82, 2.24) is 0 Å². The molecule has 0 rings (SSSR count). The molecule has 1 amide bonds. The average molecular weight is 166 g/mol. The Labute approximate surface area is 68.5 Å². The van der Waals surface area contributed by atoms with Crippen LogP contribution < -0.4 is 0 Å². The van der Waals surface area contributed by atoms with E-state index in [1.807, 2.05) is 0 Å². The van der Waals surface area contributed by atoms with Crippen molar-refractivity contribution in [2.75, 3.05) is 0 Å². The molecule has 0 radical (unpaired) electrons. The quantitative estimate of drug-likeness (QED) is 0.202. The number of allylic oxidation sites excluding steroid dienone is 1. The molecule has 0 unspecified atom stereocenters. The van der Waals surface area contributed by atoms with Crippen LogP contribution in [0.1, 0.15) is 0 Å². The standard InChI is InChI=1S/C7H6N2O3/c1-8-5-6(3-2-4-10)7(11)9-12/h2-5H,1H2/b3-2+,6-5+. The summed E-state index contributed by atoms with van der Waals surface area (Å²) >= 11 is 0. The van der Waals surface area contributed by atoms with Crippen molar-refractivity contribution in [3.63, 3.8) is 0 Å². The van der Waals surface area contributed by atoms with Crippen molar-refractivity contribution < 1.29 is 9.59 Å². The molecule has 0 N–H and O–H groups in total. The Kier molecular flexibility index (Phi) is 4.91. The largest absolute Gasteiger partial charge is 0.318 e. The van der Waals surface area contributed by atoms with E-state index in [9.17, 15) is 14.5 Å². The predicted molar refractivity (Wildman–Crippen MR) is 43.6 cm³/mol. The van der Waals surface area contributed by atoms with Crippen LogP contribution in [0.5, 0.6) is 0 Å². The highest BCUT2D eigenvalue weighted by molar-refractivity contribution is 5.97.